The van der Waals surface area contributed by atoms with E-state index in [0.717, 1.165) is 19.3 Å². The summed E-state index contributed by atoms with van der Waals surface area (Å²) >= 11 is 5.99. The Balaban J connectivity index is 2.21. The Bertz CT molecular complexity index is 507. The maximum absolute atomic E-state index is 12.5. The van der Waals surface area contributed by atoms with Crippen molar-refractivity contribution in [1.29, 1.82) is 0 Å². The lowest BCUT2D eigenvalue weighted by molar-refractivity contribution is -0.125. The van der Waals surface area contributed by atoms with E-state index < -0.39 is 5.41 Å². The van der Waals surface area contributed by atoms with Gasteiger partial charge in [-0.05, 0) is 44.9 Å². The average molecular weight is 297 g/mol. The number of hydrogen-bond acceptors (Lipinski definition) is 3. The Hall–Kier alpha value is -1.26. The number of nitrogens with two attached hydrogens (primary N) is 1. The van der Waals surface area contributed by atoms with Crippen LogP contribution in [0.4, 0.5) is 5.69 Å². The zero-order valence-corrected chi connectivity index (χ0v) is 12.7. The maximum Gasteiger partial charge on any atom is 0.231 e. The van der Waals surface area contributed by atoms with Crippen molar-refractivity contribution in [2.45, 2.75) is 39.2 Å². The molecule has 0 spiro atoms. The van der Waals surface area contributed by atoms with Gasteiger partial charge in [-0.2, -0.15) is 0 Å². The topological polar surface area (TPSA) is 64.3 Å². The highest BCUT2D eigenvalue weighted by Gasteiger charge is 2.43. The number of hydrogen-bond donors (Lipinski definition) is 2. The molecule has 0 aliphatic heterocycles. The van der Waals surface area contributed by atoms with Gasteiger partial charge < -0.3 is 15.8 Å². The Morgan fingerprint density at radius 3 is 2.95 bits per heavy atom. The van der Waals surface area contributed by atoms with E-state index in [4.69, 9.17) is 22.1 Å². The van der Waals surface area contributed by atoms with Crippen molar-refractivity contribution in [3.8, 4) is 5.75 Å². The number of carbonyl (C=O) groups excluding carboxylic acids is 1. The minimum atomic E-state index is -0.522. The lowest BCUT2D eigenvalue weighted by Gasteiger charge is -2.28. The first-order chi connectivity index (χ1) is 9.47. The molecule has 1 saturated carbocycles. The van der Waals surface area contributed by atoms with Gasteiger partial charge in [0, 0.05) is 11.1 Å². The Labute approximate surface area is 124 Å². The summed E-state index contributed by atoms with van der Waals surface area (Å²) in [7, 11) is 0. The summed E-state index contributed by atoms with van der Waals surface area (Å²) in [6.45, 7) is 4.35. The summed E-state index contributed by atoms with van der Waals surface area (Å²) in [5, 5.41) is 3.48. The van der Waals surface area contributed by atoms with Gasteiger partial charge in [0.05, 0.1) is 17.7 Å². The first kappa shape index (κ1) is 15.1. The van der Waals surface area contributed by atoms with E-state index in [1.807, 2.05) is 13.8 Å². The molecular formula is C15H21ClN2O2. The predicted molar refractivity (Wildman–Crippen MR) is 81.2 cm³/mol. The molecule has 1 aromatic carbocycles. The monoisotopic (exact) mass is 296 g/mol. The van der Waals surface area contributed by atoms with Crippen LogP contribution >= 0.6 is 11.6 Å². The third-order valence-corrected chi connectivity index (χ3v) is 4.27. The molecule has 1 fully saturated rings. The van der Waals surface area contributed by atoms with Crippen LogP contribution in [0.3, 0.4) is 0 Å². The van der Waals surface area contributed by atoms with E-state index in [2.05, 4.69) is 5.32 Å². The van der Waals surface area contributed by atoms with Gasteiger partial charge in [-0.1, -0.05) is 18.0 Å². The van der Waals surface area contributed by atoms with E-state index in [0.29, 0.717) is 23.1 Å². The number of rotatable bonds is 4. The number of benzene rings is 1. The van der Waals surface area contributed by atoms with Crippen molar-refractivity contribution in [2.75, 3.05) is 11.9 Å². The smallest absolute Gasteiger partial charge is 0.231 e. The lowest BCUT2D eigenvalue weighted by atomic mass is 9.84. The van der Waals surface area contributed by atoms with E-state index in [1.54, 1.807) is 18.2 Å². The first-order valence-corrected chi connectivity index (χ1v) is 7.34. The minimum Gasteiger partial charge on any atom is -0.492 e. The van der Waals surface area contributed by atoms with Crippen LogP contribution in [0.25, 0.3) is 0 Å². The average Bonchev–Trinajstić information content (AvgIpc) is 2.74. The SMILES string of the molecule is CCOc1ccc(Cl)cc1NC(=O)C1(C)CCCC1N. The molecule has 0 bridgehead atoms. The molecule has 20 heavy (non-hydrogen) atoms. The minimum absolute atomic E-state index is 0.0641. The number of nitrogens with one attached hydrogen (secondary N) is 1. The fourth-order valence-corrected chi connectivity index (χ4v) is 2.79. The van der Waals surface area contributed by atoms with Gasteiger partial charge in [0.15, 0.2) is 0 Å². The van der Waals surface area contributed by atoms with E-state index in [1.165, 1.54) is 0 Å². The maximum atomic E-state index is 12.5. The summed E-state index contributed by atoms with van der Waals surface area (Å²) in [5.41, 5.74) is 6.16. The summed E-state index contributed by atoms with van der Waals surface area (Å²) in [5.74, 6) is 0.561. The van der Waals surface area contributed by atoms with Crippen molar-refractivity contribution in [3.63, 3.8) is 0 Å². The molecule has 0 radical (unpaired) electrons. The molecule has 0 aromatic heterocycles. The highest BCUT2D eigenvalue weighted by atomic mass is 35.5. The summed E-state index contributed by atoms with van der Waals surface area (Å²) in [6.07, 6.45) is 2.68. The van der Waals surface area contributed by atoms with Crippen LogP contribution in [-0.2, 0) is 4.79 Å². The summed E-state index contributed by atoms with van der Waals surface area (Å²) < 4.78 is 5.51. The van der Waals surface area contributed by atoms with Gasteiger partial charge in [0.1, 0.15) is 5.75 Å². The Morgan fingerprint density at radius 1 is 1.60 bits per heavy atom. The third kappa shape index (κ3) is 2.91. The predicted octanol–water partition coefficient (Wildman–Crippen LogP) is 3.19. The highest BCUT2D eigenvalue weighted by molar-refractivity contribution is 6.31. The fourth-order valence-electron chi connectivity index (χ4n) is 2.62. The second kappa shape index (κ2) is 6.02. The van der Waals surface area contributed by atoms with Gasteiger partial charge in [0.25, 0.3) is 0 Å². The number of carbonyl (C=O) groups is 1. The van der Waals surface area contributed by atoms with Crippen molar-refractivity contribution < 1.29 is 9.53 Å². The molecular weight excluding hydrogens is 276 g/mol. The van der Waals surface area contributed by atoms with Crippen LogP contribution < -0.4 is 15.8 Å². The molecule has 2 unspecified atom stereocenters. The first-order valence-electron chi connectivity index (χ1n) is 6.96. The molecule has 2 atom stereocenters. The van der Waals surface area contributed by atoms with Crippen molar-refractivity contribution in [2.24, 2.45) is 11.1 Å². The van der Waals surface area contributed by atoms with Crippen molar-refractivity contribution >= 4 is 23.2 Å². The number of anilines is 1. The summed E-state index contributed by atoms with van der Waals surface area (Å²) in [4.78, 5) is 12.5. The van der Waals surface area contributed by atoms with Crippen LogP contribution in [0.15, 0.2) is 18.2 Å². The molecule has 3 N–H and O–H groups in total. The van der Waals surface area contributed by atoms with E-state index >= 15 is 0 Å². The van der Waals surface area contributed by atoms with Crippen LogP contribution in [0.5, 0.6) is 5.75 Å². The molecule has 110 valence electrons. The molecule has 4 nitrogen and oxygen atoms in total. The molecule has 0 heterocycles. The van der Waals surface area contributed by atoms with Crippen molar-refractivity contribution in [1.82, 2.24) is 0 Å². The van der Waals surface area contributed by atoms with Gasteiger partial charge in [-0.15, -0.1) is 0 Å². The van der Waals surface area contributed by atoms with Gasteiger partial charge in [-0.25, -0.2) is 0 Å². The van der Waals surface area contributed by atoms with Crippen LogP contribution in [0, 0.1) is 5.41 Å². The molecule has 2 rings (SSSR count). The number of ether oxygens (including phenoxy) is 1. The number of amides is 1. The third-order valence-electron chi connectivity index (χ3n) is 4.04. The van der Waals surface area contributed by atoms with Crippen LogP contribution in [0.1, 0.15) is 33.1 Å². The Kier molecular flexibility index (Phi) is 4.55. The second-order valence-electron chi connectivity index (χ2n) is 5.44. The Morgan fingerprint density at radius 2 is 2.35 bits per heavy atom. The zero-order valence-electron chi connectivity index (χ0n) is 11.9. The largest absolute Gasteiger partial charge is 0.492 e. The van der Waals surface area contributed by atoms with E-state index in [-0.39, 0.29) is 11.9 Å². The fraction of sp³-hybridized carbons (Fsp3) is 0.533. The van der Waals surface area contributed by atoms with Crippen LogP contribution in [0.2, 0.25) is 5.02 Å². The van der Waals surface area contributed by atoms with Crippen molar-refractivity contribution in [3.05, 3.63) is 23.2 Å². The van der Waals surface area contributed by atoms with E-state index in [9.17, 15) is 4.79 Å². The second-order valence-corrected chi connectivity index (χ2v) is 5.88. The highest BCUT2D eigenvalue weighted by Crippen LogP contribution is 2.38. The molecule has 1 aliphatic carbocycles. The molecule has 1 aliphatic rings. The molecule has 0 saturated heterocycles. The molecule has 5 heteroatoms. The molecule has 1 aromatic rings. The summed E-state index contributed by atoms with van der Waals surface area (Å²) in [6, 6.07) is 5.11. The molecule has 1 amide bonds. The van der Waals surface area contributed by atoms with Gasteiger partial charge >= 0.3 is 0 Å². The number of halogens is 1. The standard InChI is InChI=1S/C15H21ClN2O2/c1-3-20-12-7-6-10(16)9-11(12)18-14(19)15(2)8-4-5-13(15)17/h6-7,9,13H,3-5,8,17H2,1-2H3,(H,18,19). The van der Waals surface area contributed by atoms with Gasteiger partial charge in [0.2, 0.25) is 5.91 Å². The lowest BCUT2D eigenvalue weighted by Crippen LogP contribution is -2.44. The quantitative estimate of drug-likeness (QED) is 0.897. The normalized spacial score (nSPS) is 25.5. The van der Waals surface area contributed by atoms with Gasteiger partial charge in [-0.3, -0.25) is 4.79 Å². The zero-order chi connectivity index (χ0) is 14.8. The van der Waals surface area contributed by atoms with Crippen LogP contribution in [-0.4, -0.2) is 18.6 Å².